The van der Waals surface area contributed by atoms with Gasteiger partial charge in [-0.2, -0.15) is 0 Å². The molecule has 0 aliphatic heterocycles. The van der Waals surface area contributed by atoms with Crippen molar-refractivity contribution in [3.05, 3.63) is 0 Å². The van der Waals surface area contributed by atoms with Crippen molar-refractivity contribution in [3.63, 3.8) is 0 Å². The standard InChI is InChI=1S/C16H33OSi4.Na/c1-2-3-4-5-6-7-8-9-10-11-12-13-14-15-16-21(17)20-19-18;/h2-16H2,1H3;/q-1;+1. The second-order valence-corrected chi connectivity index (χ2v) is 15.5. The molecule has 0 unspecified atom stereocenters. The van der Waals surface area contributed by atoms with Crippen molar-refractivity contribution in [1.29, 1.82) is 0 Å². The maximum Gasteiger partial charge on any atom is 1.00 e. The molecule has 0 aliphatic carbocycles. The summed E-state index contributed by atoms with van der Waals surface area (Å²) in [5.41, 5.74) is 0. The fourth-order valence-corrected chi connectivity index (χ4v) is 10.9. The molecule has 0 aromatic heterocycles. The van der Waals surface area contributed by atoms with Gasteiger partial charge in [-0.3, -0.25) is 0 Å². The Hall–Kier alpha value is 1.83. The normalized spacial score (nSPS) is 10.9. The van der Waals surface area contributed by atoms with E-state index in [0.717, 1.165) is 6.04 Å². The zero-order chi connectivity index (χ0) is 15.6. The molecule has 22 heavy (non-hydrogen) atoms. The van der Waals surface area contributed by atoms with Crippen molar-refractivity contribution in [1.82, 2.24) is 0 Å². The third kappa shape index (κ3) is 21.8. The summed E-state index contributed by atoms with van der Waals surface area (Å²) in [5.74, 6) is 0. The van der Waals surface area contributed by atoms with Gasteiger partial charge in [0.1, 0.15) is 0 Å². The molecule has 1 nitrogen and oxygen atoms in total. The van der Waals surface area contributed by atoms with Gasteiger partial charge < -0.3 is 4.80 Å². The third-order valence-corrected chi connectivity index (χ3v) is 14.1. The van der Waals surface area contributed by atoms with Crippen molar-refractivity contribution >= 4 is 35.4 Å². The molecule has 6 heteroatoms. The van der Waals surface area contributed by atoms with Crippen molar-refractivity contribution in [2.45, 2.75) is 103 Å². The summed E-state index contributed by atoms with van der Waals surface area (Å²) < 4.78 is 0. The Bertz CT molecular complexity index is 199. The first-order valence-corrected chi connectivity index (χ1v) is 16.1. The molecule has 0 spiro atoms. The summed E-state index contributed by atoms with van der Waals surface area (Å²) in [6, 6.07) is 0.999. The molecule has 0 amide bonds. The molecule has 0 aromatic carbocycles. The largest absolute Gasteiger partial charge is 1.00 e. The minimum absolute atomic E-state index is 0. The first-order valence-electron chi connectivity index (χ1n) is 9.01. The second kappa shape index (κ2) is 22.8. The Morgan fingerprint density at radius 3 is 1.45 bits per heavy atom. The van der Waals surface area contributed by atoms with Crippen molar-refractivity contribution in [2.24, 2.45) is 0 Å². The molecule has 0 aliphatic rings. The average molecular weight is 377 g/mol. The molecule has 0 saturated heterocycles. The van der Waals surface area contributed by atoms with Crippen LogP contribution in [0.5, 0.6) is 0 Å². The van der Waals surface area contributed by atoms with Gasteiger partial charge >= 0.3 is 29.6 Å². The SMILES string of the molecule is CCCCCCCCCCCCCCCC[Si]([O-])[Si][Si][Si].[Na+]. The molecule has 0 heterocycles. The van der Waals surface area contributed by atoms with Gasteiger partial charge in [0.25, 0.3) is 0 Å². The minimum atomic E-state index is -1.21. The van der Waals surface area contributed by atoms with Crippen LogP contribution in [-0.2, 0) is 0 Å². The summed E-state index contributed by atoms with van der Waals surface area (Å²) in [4.78, 5) is 11.5. The Morgan fingerprint density at radius 2 is 1.09 bits per heavy atom. The number of rotatable bonds is 17. The molecule has 0 rings (SSSR count). The molecule has 8 radical (unpaired) electrons. The van der Waals surface area contributed by atoms with Crippen LogP contribution in [0.1, 0.15) is 96.8 Å². The molecule has 0 fully saturated rings. The average Bonchev–Trinajstić information content (AvgIpc) is 2.48. The molecule has 0 atom stereocenters. The fraction of sp³-hybridized carbons (Fsp3) is 1.00. The summed E-state index contributed by atoms with van der Waals surface area (Å²) in [5, 5.41) is 0. The van der Waals surface area contributed by atoms with E-state index < -0.39 is 8.56 Å². The van der Waals surface area contributed by atoms with E-state index in [0.29, 0.717) is 17.1 Å². The topological polar surface area (TPSA) is 23.1 Å². The van der Waals surface area contributed by atoms with Crippen LogP contribution in [0.2, 0.25) is 6.04 Å². The molecular weight excluding hydrogens is 344 g/mol. The summed E-state index contributed by atoms with van der Waals surface area (Å²) >= 11 is 0. The predicted molar refractivity (Wildman–Crippen MR) is 98.1 cm³/mol. The van der Waals surface area contributed by atoms with Gasteiger partial charge in [0.15, 0.2) is 0 Å². The van der Waals surface area contributed by atoms with E-state index in [-0.39, 0.29) is 29.6 Å². The minimum Gasteiger partial charge on any atom is -0.863 e. The predicted octanol–water partition coefficient (Wildman–Crippen LogP) is 0.727. The first-order chi connectivity index (χ1) is 10.3. The molecule has 0 aromatic rings. The number of hydrogen-bond donors (Lipinski definition) is 0. The Labute approximate surface area is 171 Å². The van der Waals surface area contributed by atoms with Crippen LogP contribution in [-0.4, -0.2) is 35.4 Å². The van der Waals surface area contributed by atoms with Gasteiger partial charge in [-0.15, -0.1) is 0 Å². The van der Waals surface area contributed by atoms with Crippen LogP contribution >= 0.6 is 0 Å². The Morgan fingerprint density at radius 1 is 0.727 bits per heavy atom. The van der Waals surface area contributed by atoms with E-state index in [1.54, 1.807) is 0 Å². The first kappa shape index (κ1) is 26.1. The van der Waals surface area contributed by atoms with Crippen LogP contribution < -0.4 is 34.4 Å². The summed E-state index contributed by atoms with van der Waals surface area (Å²) in [6.45, 7) is 2.28. The van der Waals surface area contributed by atoms with Gasteiger partial charge in [-0.1, -0.05) is 111 Å². The van der Waals surface area contributed by atoms with Crippen LogP contribution in [0.15, 0.2) is 0 Å². The van der Waals surface area contributed by atoms with E-state index in [4.69, 9.17) is 0 Å². The fourth-order valence-electron chi connectivity index (χ4n) is 2.61. The van der Waals surface area contributed by atoms with Crippen LogP contribution in [0.25, 0.3) is 0 Å². The quantitative estimate of drug-likeness (QED) is 0.271. The van der Waals surface area contributed by atoms with E-state index in [9.17, 15) is 4.80 Å². The van der Waals surface area contributed by atoms with E-state index in [1.165, 1.54) is 89.9 Å². The van der Waals surface area contributed by atoms with Gasteiger partial charge in [0.05, 0.1) is 0 Å². The van der Waals surface area contributed by atoms with Crippen molar-refractivity contribution in [3.8, 4) is 0 Å². The smallest absolute Gasteiger partial charge is 0.863 e. The summed E-state index contributed by atoms with van der Waals surface area (Å²) in [6.07, 6.45) is 19.5. The second-order valence-electron chi connectivity index (χ2n) is 6.02. The van der Waals surface area contributed by atoms with E-state index in [1.807, 2.05) is 0 Å². The third-order valence-electron chi connectivity index (χ3n) is 3.96. The molecule has 0 saturated carbocycles. The Balaban J connectivity index is 0. The van der Waals surface area contributed by atoms with Crippen molar-refractivity contribution < 1.29 is 34.4 Å². The van der Waals surface area contributed by atoms with Crippen molar-refractivity contribution in [2.75, 3.05) is 0 Å². The molecule has 120 valence electrons. The zero-order valence-corrected chi connectivity index (χ0v) is 21.0. The van der Waals surface area contributed by atoms with Gasteiger partial charge in [-0.05, 0) is 26.9 Å². The molecular formula is C16H33NaOSi4. The van der Waals surface area contributed by atoms with E-state index >= 15 is 0 Å². The van der Waals surface area contributed by atoms with Gasteiger partial charge in [-0.25, -0.2) is 0 Å². The summed E-state index contributed by atoms with van der Waals surface area (Å²) in [7, 11) is 3.63. The zero-order valence-electron chi connectivity index (χ0n) is 15.0. The monoisotopic (exact) mass is 376 g/mol. The maximum absolute atomic E-state index is 11.5. The number of hydrogen-bond acceptors (Lipinski definition) is 1. The number of unbranched alkanes of at least 4 members (excludes halogenated alkanes) is 13. The van der Waals surface area contributed by atoms with Crippen LogP contribution in [0.4, 0.5) is 0 Å². The van der Waals surface area contributed by atoms with Gasteiger partial charge in [0.2, 0.25) is 0 Å². The van der Waals surface area contributed by atoms with E-state index in [2.05, 4.69) is 16.7 Å². The van der Waals surface area contributed by atoms with Crippen LogP contribution in [0, 0.1) is 0 Å². The molecule has 0 bridgehead atoms. The van der Waals surface area contributed by atoms with Crippen LogP contribution in [0.3, 0.4) is 0 Å². The molecule has 0 N–H and O–H groups in total. The van der Waals surface area contributed by atoms with Gasteiger partial charge in [0, 0.05) is 0 Å². The Kier molecular flexibility index (Phi) is 27.0. The maximum atomic E-state index is 11.5.